The number of carbonyl (C=O) groups excluding carboxylic acids is 1. The number of nitrogens with zero attached hydrogens (tertiary/aromatic N) is 3. The number of anilines is 1. The van der Waals surface area contributed by atoms with Crippen molar-refractivity contribution in [1.82, 2.24) is 9.97 Å². The third kappa shape index (κ3) is 3.23. The van der Waals surface area contributed by atoms with Gasteiger partial charge in [-0.2, -0.15) is 0 Å². The lowest BCUT2D eigenvalue weighted by Gasteiger charge is -2.23. The molecule has 0 radical (unpaired) electrons. The Morgan fingerprint density at radius 3 is 2.75 bits per heavy atom. The van der Waals surface area contributed by atoms with Crippen molar-refractivity contribution in [2.45, 2.75) is 6.92 Å². The number of hydrogen-bond donors (Lipinski definition) is 0. The summed E-state index contributed by atoms with van der Waals surface area (Å²) in [6.45, 7) is 2.38. The minimum Gasteiger partial charge on any atom is -0.469 e. The minimum absolute atomic E-state index is 0.223. The van der Waals surface area contributed by atoms with Crippen molar-refractivity contribution in [2.24, 2.45) is 5.92 Å². The van der Waals surface area contributed by atoms with Gasteiger partial charge in [-0.05, 0) is 23.6 Å². The van der Waals surface area contributed by atoms with Crippen molar-refractivity contribution in [3.05, 3.63) is 41.8 Å². The molecule has 0 N–H and O–H groups in total. The fourth-order valence-corrected chi connectivity index (χ4v) is 3.30. The van der Waals surface area contributed by atoms with E-state index < -0.39 is 0 Å². The Bertz CT molecular complexity index is 849. The van der Waals surface area contributed by atoms with Gasteiger partial charge in [0.1, 0.15) is 5.82 Å². The van der Waals surface area contributed by atoms with E-state index in [-0.39, 0.29) is 11.9 Å². The maximum absolute atomic E-state index is 11.7. The first-order chi connectivity index (χ1) is 11.6. The number of methoxy groups -OCH3 is 1. The summed E-state index contributed by atoms with van der Waals surface area (Å²) in [5, 5.41) is 2.98. The SMILES string of the molecule is COC(=O)C(C)CN(C)c1nc(-c2cccs2)nc2ccccc12. The van der Waals surface area contributed by atoms with E-state index in [4.69, 9.17) is 9.72 Å². The van der Waals surface area contributed by atoms with Crippen LogP contribution < -0.4 is 4.90 Å². The number of esters is 1. The second kappa shape index (κ2) is 6.97. The Labute approximate surface area is 144 Å². The first-order valence-electron chi connectivity index (χ1n) is 7.69. The number of rotatable bonds is 5. The number of ether oxygens (including phenoxy) is 1. The lowest BCUT2D eigenvalue weighted by molar-refractivity contribution is -0.144. The van der Waals surface area contributed by atoms with Crippen LogP contribution in [0.1, 0.15) is 6.92 Å². The Hall–Kier alpha value is -2.47. The van der Waals surface area contributed by atoms with Gasteiger partial charge in [-0.3, -0.25) is 4.79 Å². The van der Waals surface area contributed by atoms with E-state index in [9.17, 15) is 4.79 Å². The molecular weight excluding hydrogens is 322 g/mol. The summed E-state index contributed by atoms with van der Waals surface area (Å²) in [6, 6.07) is 11.9. The summed E-state index contributed by atoms with van der Waals surface area (Å²) in [5.74, 6) is 1.06. The number of aromatic nitrogens is 2. The fraction of sp³-hybridized carbons (Fsp3) is 0.278. The van der Waals surface area contributed by atoms with Crippen LogP contribution >= 0.6 is 11.3 Å². The Morgan fingerprint density at radius 2 is 2.04 bits per heavy atom. The Morgan fingerprint density at radius 1 is 1.25 bits per heavy atom. The van der Waals surface area contributed by atoms with Gasteiger partial charge in [0.25, 0.3) is 0 Å². The number of para-hydroxylation sites is 1. The molecule has 0 saturated carbocycles. The van der Waals surface area contributed by atoms with E-state index in [2.05, 4.69) is 4.98 Å². The number of thiophene rings is 1. The van der Waals surface area contributed by atoms with E-state index in [0.717, 1.165) is 21.6 Å². The first kappa shape index (κ1) is 16.4. The molecule has 5 nitrogen and oxygen atoms in total. The third-order valence-corrected chi connectivity index (χ3v) is 4.70. The van der Waals surface area contributed by atoms with E-state index in [0.29, 0.717) is 12.4 Å². The average molecular weight is 341 g/mol. The maximum atomic E-state index is 11.7. The minimum atomic E-state index is -0.237. The molecule has 0 fully saturated rings. The quantitative estimate of drug-likeness (QED) is 0.664. The van der Waals surface area contributed by atoms with Crippen LogP contribution in [0.2, 0.25) is 0 Å². The number of fused-ring (bicyclic) bond motifs is 1. The topological polar surface area (TPSA) is 55.3 Å². The van der Waals surface area contributed by atoms with Crippen molar-refractivity contribution in [1.29, 1.82) is 0 Å². The van der Waals surface area contributed by atoms with Gasteiger partial charge in [0.05, 0.1) is 23.4 Å². The van der Waals surface area contributed by atoms with Gasteiger partial charge in [0, 0.05) is 19.0 Å². The highest BCUT2D eigenvalue weighted by Crippen LogP contribution is 2.29. The zero-order chi connectivity index (χ0) is 17.1. The number of carbonyl (C=O) groups is 1. The second-order valence-corrected chi connectivity index (χ2v) is 6.62. The molecule has 1 unspecified atom stereocenters. The van der Waals surface area contributed by atoms with Crippen molar-refractivity contribution in [3.8, 4) is 10.7 Å². The van der Waals surface area contributed by atoms with Crippen LogP contribution in [0.15, 0.2) is 41.8 Å². The number of hydrogen-bond acceptors (Lipinski definition) is 6. The summed E-state index contributed by atoms with van der Waals surface area (Å²) >= 11 is 1.61. The van der Waals surface area contributed by atoms with Gasteiger partial charge in [0.2, 0.25) is 0 Å². The summed E-state index contributed by atoms with van der Waals surface area (Å²) < 4.78 is 4.82. The average Bonchev–Trinajstić information content (AvgIpc) is 3.14. The molecule has 3 rings (SSSR count). The summed E-state index contributed by atoms with van der Waals surface area (Å²) in [4.78, 5) is 24.2. The molecule has 0 aliphatic carbocycles. The van der Waals surface area contributed by atoms with Crippen molar-refractivity contribution in [3.63, 3.8) is 0 Å². The van der Waals surface area contributed by atoms with E-state index in [1.807, 2.05) is 60.6 Å². The zero-order valence-corrected chi connectivity index (χ0v) is 14.7. The van der Waals surface area contributed by atoms with Gasteiger partial charge in [-0.15, -0.1) is 11.3 Å². The predicted molar refractivity (Wildman–Crippen MR) is 97.3 cm³/mol. The van der Waals surface area contributed by atoms with Gasteiger partial charge >= 0.3 is 5.97 Å². The molecule has 0 aliphatic rings. The monoisotopic (exact) mass is 341 g/mol. The summed E-state index contributed by atoms with van der Waals surface area (Å²) in [5.41, 5.74) is 0.892. The molecular formula is C18H19N3O2S. The fourth-order valence-electron chi connectivity index (χ4n) is 2.64. The first-order valence-corrected chi connectivity index (χ1v) is 8.57. The predicted octanol–water partition coefficient (Wildman–Crippen LogP) is 3.60. The Kier molecular flexibility index (Phi) is 4.76. The molecule has 0 bridgehead atoms. The molecule has 6 heteroatoms. The molecule has 0 spiro atoms. The van der Waals surface area contributed by atoms with Crippen LogP contribution in [0.5, 0.6) is 0 Å². The highest BCUT2D eigenvalue weighted by Gasteiger charge is 2.19. The molecule has 0 aliphatic heterocycles. The lowest BCUT2D eigenvalue weighted by atomic mass is 10.1. The molecule has 0 amide bonds. The van der Waals surface area contributed by atoms with Gasteiger partial charge in [-0.25, -0.2) is 9.97 Å². The van der Waals surface area contributed by atoms with Crippen LogP contribution in [0, 0.1) is 5.92 Å². The summed E-state index contributed by atoms with van der Waals surface area (Å²) in [7, 11) is 3.35. The number of benzene rings is 1. The molecule has 1 aromatic carbocycles. The summed E-state index contributed by atoms with van der Waals surface area (Å²) in [6.07, 6.45) is 0. The molecule has 124 valence electrons. The molecule has 1 atom stereocenters. The highest BCUT2D eigenvalue weighted by atomic mass is 32.1. The van der Waals surface area contributed by atoms with Crippen LogP contribution in [0.25, 0.3) is 21.6 Å². The highest BCUT2D eigenvalue weighted by molar-refractivity contribution is 7.13. The van der Waals surface area contributed by atoms with Gasteiger partial charge in [-0.1, -0.05) is 25.1 Å². The van der Waals surface area contributed by atoms with Crippen LogP contribution in [0.3, 0.4) is 0 Å². The molecule has 3 aromatic rings. The molecule has 24 heavy (non-hydrogen) atoms. The third-order valence-electron chi connectivity index (χ3n) is 3.84. The lowest BCUT2D eigenvalue weighted by Crippen LogP contribution is -2.30. The van der Waals surface area contributed by atoms with Crippen molar-refractivity contribution in [2.75, 3.05) is 25.6 Å². The van der Waals surface area contributed by atoms with Gasteiger partial charge in [0.15, 0.2) is 5.82 Å². The zero-order valence-electron chi connectivity index (χ0n) is 13.9. The largest absolute Gasteiger partial charge is 0.469 e. The smallest absolute Gasteiger partial charge is 0.310 e. The normalized spacial score (nSPS) is 12.1. The second-order valence-electron chi connectivity index (χ2n) is 5.67. The van der Waals surface area contributed by atoms with Crippen LogP contribution in [0.4, 0.5) is 5.82 Å². The van der Waals surface area contributed by atoms with Crippen molar-refractivity contribution >= 4 is 34.0 Å². The van der Waals surface area contributed by atoms with Gasteiger partial charge < -0.3 is 9.64 Å². The van der Waals surface area contributed by atoms with E-state index in [1.54, 1.807) is 11.3 Å². The van der Waals surface area contributed by atoms with Crippen LogP contribution in [-0.2, 0) is 9.53 Å². The maximum Gasteiger partial charge on any atom is 0.310 e. The van der Waals surface area contributed by atoms with E-state index in [1.165, 1.54) is 7.11 Å². The standard InChI is InChI=1S/C18H19N3O2S/c1-12(18(22)23-3)11-21(2)17-13-7-4-5-8-14(13)19-16(20-17)15-9-6-10-24-15/h4-10,12H,11H2,1-3H3. The molecule has 0 saturated heterocycles. The van der Waals surface area contributed by atoms with Crippen LogP contribution in [-0.4, -0.2) is 36.6 Å². The molecule has 2 heterocycles. The molecule has 2 aromatic heterocycles. The van der Waals surface area contributed by atoms with Crippen molar-refractivity contribution < 1.29 is 9.53 Å². The van der Waals surface area contributed by atoms with E-state index >= 15 is 0 Å². The Balaban J connectivity index is 2.03.